The molecule has 5 heteroatoms. The molecule has 0 radical (unpaired) electrons. The second-order valence-electron chi connectivity index (χ2n) is 2.85. The van der Waals surface area contributed by atoms with Crippen molar-refractivity contribution in [1.29, 1.82) is 0 Å². The van der Waals surface area contributed by atoms with Gasteiger partial charge in [0.25, 0.3) is 0 Å². The van der Waals surface area contributed by atoms with E-state index < -0.39 is 6.67 Å². The summed E-state index contributed by atoms with van der Waals surface area (Å²) in [4.78, 5) is 12.7. The van der Waals surface area contributed by atoms with Crippen molar-refractivity contribution in [3.63, 3.8) is 0 Å². The molecular weight excluding hydrogens is 189 g/mol. The fourth-order valence-electron chi connectivity index (χ4n) is 1.03. The summed E-state index contributed by atoms with van der Waals surface area (Å²) in [6, 6.07) is 0. The summed E-state index contributed by atoms with van der Waals surface area (Å²) in [6.45, 7) is 1.61. The molecule has 0 aromatic heterocycles. The maximum Gasteiger partial charge on any atom is 0.306 e. The summed E-state index contributed by atoms with van der Waals surface area (Å²) in [5.74, 6) is -0.272. The van der Waals surface area contributed by atoms with E-state index in [9.17, 15) is 9.18 Å². The van der Waals surface area contributed by atoms with Crippen molar-refractivity contribution in [3.05, 3.63) is 0 Å². The van der Waals surface area contributed by atoms with Gasteiger partial charge in [-0.25, -0.2) is 4.39 Å². The Morgan fingerprint density at radius 3 is 2.50 bits per heavy atom. The highest BCUT2D eigenvalue weighted by molar-refractivity contribution is 5.69. The van der Waals surface area contributed by atoms with E-state index in [1.807, 2.05) is 4.90 Å². The normalized spacial score (nSPS) is 10.6. The van der Waals surface area contributed by atoms with E-state index in [1.165, 1.54) is 7.11 Å². The van der Waals surface area contributed by atoms with Gasteiger partial charge in [0, 0.05) is 26.7 Å². The van der Waals surface area contributed by atoms with Crippen molar-refractivity contribution >= 4 is 5.97 Å². The van der Waals surface area contributed by atoms with Crippen LogP contribution in [0.3, 0.4) is 0 Å². The van der Waals surface area contributed by atoms with Gasteiger partial charge in [-0.3, -0.25) is 9.69 Å². The van der Waals surface area contributed by atoms with Crippen molar-refractivity contribution in [3.8, 4) is 0 Å². The van der Waals surface area contributed by atoms with Crippen molar-refractivity contribution in [1.82, 2.24) is 4.90 Å². The first-order valence-corrected chi connectivity index (χ1v) is 4.58. The predicted molar refractivity (Wildman–Crippen MR) is 50.9 cm³/mol. The predicted octanol–water partition coefficient (Wildman–Crippen LogP) is 0.467. The second-order valence-corrected chi connectivity index (χ2v) is 2.85. The SMILES string of the molecule is COCCN(CCF)CCC(=O)OC. The van der Waals surface area contributed by atoms with Crippen molar-refractivity contribution in [2.45, 2.75) is 6.42 Å². The van der Waals surface area contributed by atoms with Crippen molar-refractivity contribution in [2.24, 2.45) is 0 Å². The number of methoxy groups -OCH3 is 2. The lowest BCUT2D eigenvalue weighted by molar-refractivity contribution is -0.141. The molecule has 0 amide bonds. The Balaban J connectivity index is 3.66. The molecule has 0 saturated heterocycles. The summed E-state index contributed by atoms with van der Waals surface area (Å²) >= 11 is 0. The molecule has 0 aliphatic carbocycles. The first-order chi connectivity index (χ1) is 6.74. The van der Waals surface area contributed by atoms with Crippen LogP contribution in [0.2, 0.25) is 0 Å². The Labute approximate surface area is 84.0 Å². The van der Waals surface area contributed by atoms with Gasteiger partial charge in [-0.1, -0.05) is 0 Å². The second kappa shape index (κ2) is 8.90. The topological polar surface area (TPSA) is 38.8 Å². The Morgan fingerprint density at radius 2 is 2.00 bits per heavy atom. The molecular formula is C9H18FNO3. The lowest BCUT2D eigenvalue weighted by Gasteiger charge is -2.19. The number of ether oxygens (including phenoxy) is 2. The van der Waals surface area contributed by atoms with Crippen LogP contribution in [-0.4, -0.2) is 58.0 Å². The highest BCUT2D eigenvalue weighted by Gasteiger charge is 2.07. The van der Waals surface area contributed by atoms with Crippen LogP contribution in [0, 0.1) is 0 Å². The van der Waals surface area contributed by atoms with E-state index in [4.69, 9.17) is 4.74 Å². The van der Waals surface area contributed by atoms with Crippen LogP contribution in [0.5, 0.6) is 0 Å². The summed E-state index contributed by atoms with van der Waals surface area (Å²) < 4.78 is 21.4. The fraction of sp³-hybridized carbons (Fsp3) is 0.889. The van der Waals surface area contributed by atoms with Gasteiger partial charge in [0.1, 0.15) is 6.67 Å². The van der Waals surface area contributed by atoms with Gasteiger partial charge >= 0.3 is 5.97 Å². The average Bonchev–Trinajstić information content (AvgIpc) is 2.21. The minimum absolute atomic E-state index is 0.272. The lowest BCUT2D eigenvalue weighted by Crippen LogP contribution is -2.31. The first kappa shape index (κ1) is 13.3. The molecule has 0 saturated carbocycles. The quantitative estimate of drug-likeness (QED) is 0.542. The number of carbonyl (C=O) groups is 1. The van der Waals surface area contributed by atoms with Crippen LogP contribution in [0.4, 0.5) is 4.39 Å². The largest absolute Gasteiger partial charge is 0.469 e. The summed E-state index contributed by atoms with van der Waals surface area (Å²) in [7, 11) is 2.94. The highest BCUT2D eigenvalue weighted by atomic mass is 19.1. The maximum atomic E-state index is 12.1. The summed E-state index contributed by atoms with van der Waals surface area (Å²) in [5.41, 5.74) is 0. The van der Waals surface area contributed by atoms with Crippen molar-refractivity contribution in [2.75, 3.05) is 47.1 Å². The van der Waals surface area contributed by atoms with E-state index in [-0.39, 0.29) is 5.97 Å². The molecule has 14 heavy (non-hydrogen) atoms. The monoisotopic (exact) mass is 207 g/mol. The number of rotatable bonds is 8. The van der Waals surface area contributed by atoms with Gasteiger partial charge in [0.15, 0.2) is 0 Å². The zero-order valence-corrected chi connectivity index (χ0v) is 8.79. The van der Waals surface area contributed by atoms with E-state index in [0.29, 0.717) is 32.7 Å². The minimum atomic E-state index is -0.412. The minimum Gasteiger partial charge on any atom is -0.469 e. The fourth-order valence-corrected chi connectivity index (χ4v) is 1.03. The number of hydrogen-bond donors (Lipinski definition) is 0. The number of alkyl halides is 1. The number of carbonyl (C=O) groups excluding carboxylic acids is 1. The molecule has 0 spiro atoms. The van der Waals surface area contributed by atoms with Crippen LogP contribution >= 0.6 is 0 Å². The van der Waals surface area contributed by atoms with Crippen LogP contribution in [-0.2, 0) is 14.3 Å². The van der Waals surface area contributed by atoms with Gasteiger partial charge in [0.2, 0.25) is 0 Å². The molecule has 0 heterocycles. The molecule has 0 aromatic rings. The standard InChI is InChI=1S/C9H18FNO3/c1-13-8-7-11(6-4-10)5-3-9(12)14-2/h3-8H2,1-2H3. The third-order valence-corrected chi connectivity index (χ3v) is 1.87. The van der Waals surface area contributed by atoms with E-state index in [1.54, 1.807) is 7.11 Å². The Bertz CT molecular complexity index is 155. The first-order valence-electron chi connectivity index (χ1n) is 4.58. The Kier molecular flexibility index (Phi) is 8.47. The van der Waals surface area contributed by atoms with E-state index >= 15 is 0 Å². The average molecular weight is 207 g/mol. The molecule has 0 aromatic carbocycles. The number of hydrogen-bond acceptors (Lipinski definition) is 4. The van der Waals surface area contributed by atoms with Gasteiger partial charge < -0.3 is 9.47 Å². The molecule has 0 rings (SSSR count). The third kappa shape index (κ3) is 6.80. The molecule has 0 aliphatic heterocycles. The molecule has 0 N–H and O–H groups in total. The zero-order valence-electron chi connectivity index (χ0n) is 8.79. The van der Waals surface area contributed by atoms with E-state index in [2.05, 4.69) is 4.74 Å². The van der Waals surface area contributed by atoms with Gasteiger partial charge in [-0.15, -0.1) is 0 Å². The third-order valence-electron chi connectivity index (χ3n) is 1.87. The van der Waals surface area contributed by atoms with Crippen LogP contribution in [0.25, 0.3) is 0 Å². The zero-order chi connectivity index (χ0) is 10.8. The van der Waals surface area contributed by atoms with Crippen molar-refractivity contribution < 1.29 is 18.7 Å². The number of nitrogens with zero attached hydrogens (tertiary/aromatic N) is 1. The molecule has 0 unspecified atom stereocenters. The Hall–Kier alpha value is -0.680. The van der Waals surface area contributed by atoms with Crippen LogP contribution < -0.4 is 0 Å². The van der Waals surface area contributed by atoms with Crippen LogP contribution in [0.1, 0.15) is 6.42 Å². The van der Waals surface area contributed by atoms with Gasteiger partial charge in [-0.2, -0.15) is 0 Å². The smallest absolute Gasteiger partial charge is 0.306 e. The van der Waals surface area contributed by atoms with E-state index in [0.717, 1.165) is 0 Å². The molecule has 0 fully saturated rings. The van der Waals surface area contributed by atoms with Gasteiger partial charge in [-0.05, 0) is 0 Å². The Morgan fingerprint density at radius 1 is 1.29 bits per heavy atom. The lowest BCUT2D eigenvalue weighted by atomic mass is 10.3. The highest BCUT2D eigenvalue weighted by Crippen LogP contribution is 1.94. The molecule has 0 aliphatic rings. The van der Waals surface area contributed by atoms with Gasteiger partial charge in [0.05, 0.1) is 20.1 Å². The number of halogens is 1. The molecule has 0 bridgehead atoms. The van der Waals surface area contributed by atoms with Crippen LogP contribution in [0.15, 0.2) is 0 Å². The summed E-state index contributed by atoms with van der Waals surface area (Å²) in [5, 5.41) is 0. The molecule has 84 valence electrons. The summed E-state index contributed by atoms with van der Waals surface area (Å²) in [6.07, 6.45) is 0.292. The maximum absolute atomic E-state index is 12.1. The number of esters is 1. The molecule has 0 atom stereocenters. The molecule has 4 nitrogen and oxygen atoms in total.